The molecular formula is C21H18ClN3O2. The molecule has 136 valence electrons. The summed E-state index contributed by atoms with van der Waals surface area (Å²) in [7, 11) is 0. The van der Waals surface area contributed by atoms with Gasteiger partial charge in [-0.05, 0) is 61.0 Å². The second-order valence-corrected chi connectivity index (χ2v) is 6.43. The van der Waals surface area contributed by atoms with Crippen LogP contribution < -0.4 is 10.6 Å². The van der Waals surface area contributed by atoms with Gasteiger partial charge in [-0.3, -0.25) is 14.6 Å². The van der Waals surface area contributed by atoms with Crippen LogP contribution in [0.5, 0.6) is 0 Å². The second-order valence-electron chi connectivity index (χ2n) is 5.99. The third-order valence-corrected chi connectivity index (χ3v) is 4.25. The normalized spacial score (nSPS) is 10.3. The van der Waals surface area contributed by atoms with E-state index in [1.165, 1.54) is 0 Å². The van der Waals surface area contributed by atoms with Crippen molar-refractivity contribution in [3.63, 3.8) is 0 Å². The van der Waals surface area contributed by atoms with Gasteiger partial charge in [-0.2, -0.15) is 0 Å². The minimum Gasteiger partial charge on any atom is -0.346 e. The first-order chi connectivity index (χ1) is 13.0. The number of hydrogen-bond donors (Lipinski definition) is 2. The third kappa shape index (κ3) is 4.92. The van der Waals surface area contributed by atoms with Gasteiger partial charge in [0.2, 0.25) is 0 Å². The van der Waals surface area contributed by atoms with Crippen molar-refractivity contribution in [1.29, 1.82) is 0 Å². The summed E-state index contributed by atoms with van der Waals surface area (Å²) >= 11 is 5.98. The summed E-state index contributed by atoms with van der Waals surface area (Å²) in [5.74, 6) is -0.487. The standard InChI is InChI=1S/C21H18ClN3O2/c1-14-5-10-17(22)12-19(14)25-21(27)16-8-6-15(7-9-16)20(26)24-13-18-4-2-3-11-23-18/h2-12H,13H2,1H3,(H,24,26)(H,25,27). The molecule has 0 spiro atoms. The number of aromatic nitrogens is 1. The molecule has 3 rings (SSSR count). The first-order valence-electron chi connectivity index (χ1n) is 8.38. The van der Waals surface area contributed by atoms with Crippen molar-refractivity contribution in [1.82, 2.24) is 10.3 Å². The van der Waals surface area contributed by atoms with Crippen LogP contribution in [0.4, 0.5) is 5.69 Å². The Balaban J connectivity index is 1.63. The highest BCUT2D eigenvalue weighted by atomic mass is 35.5. The van der Waals surface area contributed by atoms with E-state index in [0.29, 0.717) is 28.4 Å². The largest absolute Gasteiger partial charge is 0.346 e. The van der Waals surface area contributed by atoms with Crippen LogP contribution in [0.1, 0.15) is 32.0 Å². The minimum absolute atomic E-state index is 0.224. The van der Waals surface area contributed by atoms with Gasteiger partial charge >= 0.3 is 0 Å². The Hall–Kier alpha value is -3.18. The number of nitrogens with one attached hydrogen (secondary N) is 2. The number of pyridine rings is 1. The van der Waals surface area contributed by atoms with E-state index in [2.05, 4.69) is 15.6 Å². The van der Waals surface area contributed by atoms with Crippen LogP contribution >= 0.6 is 11.6 Å². The smallest absolute Gasteiger partial charge is 0.255 e. The number of carbonyl (C=O) groups is 2. The van der Waals surface area contributed by atoms with Gasteiger partial charge in [0, 0.05) is 28.0 Å². The van der Waals surface area contributed by atoms with Crippen LogP contribution in [0.2, 0.25) is 5.02 Å². The molecule has 0 bridgehead atoms. The Bertz CT molecular complexity index is 957. The Labute approximate surface area is 162 Å². The van der Waals surface area contributed by atoms with E-state index in [1.807, 2.05) is 31.2 Å². The summed E-state index contributed by atoms with van der Waals surface area (Å²) in [6.45, 7) is 2.23. The summed E-state index contributed by atoms with van der Waals surface area (Å²) in [5, 5.41) is 6.18. The number of anilines is 1. The molecule has 2 amide bonds. The topological polar surface area (TPSA) is 71.1 Å². The predicted molar refractivity (Wildman–Crippen MR) is 106 cm³/mol. The van der Waals surface area contributed by atoms with Crippen LogP contribution in [0.3, 0.4) is 0 Å². The lowest BCUT2D eigenvalue weighted by atomic mass is 10.1. The molecule has 6 heteroatoms. The summed E-state index contributed by atoms with van der Waals surface area (Å²) < 4.78 is 0. The molecule has 2 aromatic carbocycles. The molecule has 0 radical (unpaired) electrons. The van der Waals surface area contributed by atoms with Gasteiger partial charge in [-0.25, -0.2) is 0 Å². The van der Waals surface area contributed by atoms with Gasteiger partial charge in [0.25, 0.3) is 11.8 Å². The first-order valence-corrected chi connectivity index (χ1v) is 8.76. The van der Waals surface area contributed by atoms with Crippen molar-refractivity contribution in [2.45, 2.75) is 13.5 Å². The molecule has 1 heterocycles. The lowest BCUT2D eigenvalue weighted by Crippen LogP contribution is -2.23. The van der Waals surface area contributed by atoms with Crippen LogP contribution in [0.15, 0.2) is 66.9 Å². The van der Waals surface area contributed by atoms with Crippen LogP contribution in [0, 0.1) is 6.92 Å². The SMILES string of the molecule is Cc1ccc(Cl)cc1NC(=O)c1ccc(C(=O)NCc2ccccn2)cc1. The van der Waals surface area contributed by atoms with Crippen LogP contribution in [-0.2, 0) is 6.54 Å². The quantitative estimate of drug-likeness (QED) is 0.697. The number of carbonyl (C=O) groups excluding carboxylic acids is 2. The number of nitrogens with zero attached hydrogens (tertiary/aromatic N) is 1. The second kappa shape index (κ2) is 8.47. The molecule has 5 nitrogen and oxygen atoms in total. The van der Waals surface area contributed by atoms with E-state index in [4.69, 9.17) is 11.6 Å². The van der Waals surface area contributed by atoms with Gasteiger partial charge in [-0.1, -0.05) is 23.7 Å². The number of halogens is 1. The van der Waals surface area contributed by atoms with Crippen molar-refractivity contribution in [3.8, 4) is 0 Å². The number of rotatable bonds is 5. The van der Waals surface area contributed by atoms with Gasteiger partial charge in [0.05, 0.1) is 12.2 Å². The molecule has 0 saturated carbocycles. The van der Waals surface area contributed by atoms with E-state index in [1.54, 1.807) is 42.6 Å². The van der Waals surface area contributed by atoms with Crippen LogP contribution in [-0.4, -0.2) is 16.8 Å². The Morgan fingerprint density at radius 2 is 1.67 bits per heavy atom. The number of aryl methyl sites for hydroxylation is 1. The van der Waals surface area contributed by atoms with E-state index in [0.717, 1.165) is 11.3 Å². The van der Waals surface area contributed by atoms with E-state index >= 15 is 0 Å². The van der Waals surface area contributed by atoms with E-state index in [9.17, 15) is 9.59 Å². The fourth-order valence-corrected chi connectivity index (χ4v) is 2.64. The fraction of sp³-hybridized carbons (Fsp3) is 0.0952. The van der Waals surface area contributed by atoms with Crippen molar-refractivity contribution in [2.75, 3.05) is 5.32 Å². The molecule has 0 atom stereocenters. The highest BCUT2D eigenvalue weighted by molar-refractivity contribution is 6.31. The average Bonchev–Trinajstić information content (AvgIpc) is 2.70. The summed E-state index contributed by atoms with van der Waals surface area (Å²) in [6.07, 6.45) is 1.68. The average molecular weight is 380 g/mol. The molecule has 3 aromatic rings. The van der Waals surface area contributed by atoms with Gasteiger partial charge < -0.3 is 10.6 Å². The number of amides is 2. The fourth-order valence-electron chi connectivity index (χ4n) is 2.47. The van der Waals surface area contributed by atoms with Crippen molar-refractivity contribution < 1.29 is 9.59 Å². The monoisotopic (exact) mass is 379 g/mol. The maximum atomic E-state index is 12.4. The Morgan fingerprint density at radius 3 is 2.33 bits per heavy atom. The molecule has 2 N–H and O–H groups in total. The van der Waals surface area contributed by atoms with Crippen molar-refractivity contribution in [3.05, 3.63) is 94.3 Å². The lowest BCUT2D eigenvalue weighted by Gasteiger charge is -2.09. The lowest BCUT2D eigenvalue weighted by molar-refractivity contribution is 0.0948. The summed E-state index contributed by atoms with van der Waals surface area (Å²) in [6, 6.07) is 17.3. The molecule has 0 unspecified atom stereocenters. The number of benzene rings is 2. The molecule has 0 saturated heterocycles. The summed E-state index contributed by atoms with van der Waals surface area (Å²) in [4.78, 5) is 28.8. The number of hydrogen-bond acceptors (Lipinski definition) is 3. The maximum Gasteiger partial charge on any atom is 0.255 e. The molecular weight excluding hydrogens is 362 g/mol. The van der Waals surface area contributed by atoms with Crippen LogP contribution in [0.25, 0.3) is 0 Å². The first kappa shape index (κ1) is 18.6. The zero-order valence-corrected chi connectivity index (χ0v) is 15.5. The Morgan fingerprint density at radius 1 is 0.963 bits per heavy atom. The van der Waals surface area contributed by atoms with Crippen molar-refractivity contribution in [2.24, 2.45) is 0 Å². The summed E-state index contributed by atoms with van der Waals surface area (Å²) in [5.41, 5.74) is 3.28. The zero-order valence-electron chi connectivity index (χ0n) is 14.7. The third-order valence-electron chi connectivity index (χ3n) is 4.01. The van der Waals surface area contributed by atoms with Gasteiger partial charge in [-0.15, -0.1) is 0 Å². The van der Waals surface area contributed by atoms with Crippen molar-refractivity contribution >= 4 is 29.1 Å². The molecule has 0 aliphatic heterocycles. The van der Waals surface area contributed by atoms with E-state index < -0.39 is 0 Å². The molecule has 0 fully saturated rings. The minimum atomic E-state index is -0.263. The molecule has 27 heavy (non-hydrogen) atoms. The highest BCUT2D eigenvalue weighted by Crippen LogP contribution is 2.21. The molecule has 0 aliphatic rings. The zero-order chi connectivity index (χ0) is 19.2. The van der Waals surface area contributed by atoms with E-state index in [-0.39, 0.29) is 11.8 Å². The predicted octanol–water partition coefficient (Wildman–Crippen LogP) is 4.23. The Kier molecular flexibility index (Phi) is 5.84. The molecule has 0 aliphatic carbocycles. The maximum absolute atomic E-state index is 12.4. The van der Waals surface area contributed by atoms with Gasteiger partial charge in [0.1, 0.15) is 0 Å². The highest BCUT2D eigenvalue weighted by Gasteiger charge is 2.10. The van der Waals surface area contributed by atoms with Gasteiger partial charge in [0.15, 0.2) is 0 Å². The molecule has 1 aromatic heterocycles.